The molecule has 0 unspecified atom stereocenters. The predicted octanol–water partition coefficient (Wildman–Crippen LogP) is 3.84. The minimum absolute atomic E-state index is 0.611. The van der Waals surface area contributed by atoms with Crippen molar-refractivity contribution in [3.05, 3.63) is 91.0 Å². The molecule has 0 spiro atoms. The highest BCUT2D eigenvalue weighted by Crippen LogP contribution is 2.25. The molecular formula is C23H27N5. The zero-order valence-corrected chi connectivity index (χ0v) is 16.3. The maximum absolute atomic E-state index is 4.71. The van der Waals surface area contributed by atoms with E-state index < -0.39 is 0 Å². The molecule has 0 aliphatic heterocycles. The van der Waals surface area contributed by atoms with Crippen LogP contribution in [-0.2, 0) is 13.1 Å². The third kappa shape index (κ3) is 5.33. The van der Waals surface area contributed by atoms with Crippen molar-refractivity contribution in [3.8, 4) is 11.1 Å². The van der Waals surface area contributed by atoms with Gasteiger partial charge in [0.25, 0.3) is 0 Å². The van der Waals surface area contributed by atoms with E-state index in [0.29, 0.717) is 13.1 Å². The van der Waals surface area contributed by atoms with Crippen molar-refractivity contribution in [2.45, 2.75) is 20.0 Å². The van der Waals surface area contributed by atoms with E-state index >= 15 is 0 Å². The number of hydrogen-bond donors (Lipinski definition) is 2. The minimum atomic E-state index is 0.611. The van der Waals surface area contributed by atoms with Crippen molar-refractivity contribution in [3.63, 3.8) is 0 Å². The van der Waals surface area contributed by atoms with Crippen molar-refractivity contribution in [2.24, 2.45) is 4.99 Å². The van der Waals surface area contributed by atoms with Crippen LogP contribution in [0, 0.1) is 0 Å². The second kappa shape index (κ2) is 10.1. The zero-order valence-electron chi connectivity index (χ0n) is 16.3. The molecule has 0 fully saturated rings. The molecule has 2 N–H and O–H groups in total. The van der Waals surface area contributed by atoms with Crippen LogP contribution in [0.15, 0.2) is 84.9 Å². The summed E-state index contributed by atoms with van der Waals surface area (Å²) in [6, 6.07) is 17.1. The van der Waals surface area contributed by atoms with Crippen molar-refractivity contribution in [1.82, 2.24) is 20.2 Å². The average Bonchev–Trinajstić information content (AvgIpc) is 3.24. The number of guanidine groups is 1. The Morgan fingerprint density at radius 3 is 2.68 bits per heavy atom. The molecule has 5 heteroatoms. The second-order valence-corrected chi connectivity index (χ2v) is 6.45. The van der Waals surface area contributed by atoms with Crippen LogP contribution in [0.5, 0.6) is 0 Å². The first kappa shape index (κ1) is 19.4. The molecule has 0 atom stereocenters. The quantitative estimate of drug-likeness (QED) is 0.358. The van der Waals surface area contributed by atoms with Gasteiger partial charge in [0.05, 0.1) is 12.9 Å². The molecule has 3 aromatic rings. The number of aromatic nitrogens is 2. The van der Waals surface area contributed by atoms with Gasteiger partial charge >= 0.3 is 0 Å². The molecule has 0 amide bonds. The maximum atomic E-state index is 4.71. The molecule has 0 radical (unpaired) electrons. The van der Waals surface area contributed by atoms with Crippen molar-refractivity contribution in [1.29, 1.82) is 0 Å². The van der Waals surface area contributed by atoms with E-state index in [1.807, 2.05) is 18.6 Å². The smallest absolute Gasteiger partial charge is 0.191 e. The summed E-state index contributed by atoms with van der Waals surface area (Å²) in [5.41, 5.74) is 4.85. The molecule has 5 nitrogen and oxygen atoms in total. The van der Waals surface area contributed by atoms with Gasteiger partial charge in [-0.05, 0) is 29.2 Å². The Labute approximate surface area is 166 Å². The number of rotatable bonds is 8. The number of hydrogen-bond acceptors (Lipinski definition) is 2. The topological polar surface area (TPSA) is 54.2 Å². The average molecular weight is 374 g/mol. The highest BCUT2D eigenvalue weighted by Gasteiger charge is 2.05. The van der Waals surface area contributed by atoms with Crippen LogP contribution in [0.2, 0.25) is 0 Å². The fourth-order valence-corrected chi connectivity index (χ4v) is 3.00. The molecule has 1 heterocycles. The van der Waals surface area contributed by atoms with Crippen LogP contribution in [0.1, 0.15) is 18.1 Å². The van der Waals surface area contributed by atoms with Gasteiger partial charge in [0.1, 0.15) is 0 Å². The van der Waals surface area contributed by atoms with Crippen LogP contribution >= 0.6 is 0 Å². The number of imidazole rings is 1. The van der Waals surface area contributed by atoms with Crippen molar-refractivity contribution < 1.29 is 0 Å². The maximum Gasteiger partial charge on any atom is 0.191 e. The molecule has 144 valence electrons. The van der Waals surface area contributed by atoms with Crippen LogP contribution in [-0.4, -0.2) is 28.6 Å². The fourth-order valence-electron chi connectivity index (χ4n) is 3.00. The molecule has 0 aliphatic carbocycles. The van der Waals surface area contributed by atoms with Gasteiger partial charge in [-0.1, -0.05) is 54.6 Å². The molecule has 0 saturated carbocycles. The van der Waals surface area contributed by atoms with Gasteiger partial charge in [-0.3, -0.25) is 0 Å². The number of benzene rings is 2. The summed E-state index contributed by atoms with van der Waals surface area (Å²) in [4.78, 5) is 8.81. The third-order valence-electron chi connectivity index (χ3n) is 4.37. The largest absolute Gasteiger partial charge is 0.357 e. The summed E-state index contributed by atoms with van der Waals surface area (Å²) in [6.45, 7) is 8.75. The van der Waals surface area contributed by atoms with Gasteiger partial charge in [0.2, 0.25) is 0 Å². The van der Waals surface area contributed by atoms with Gasteiger partial charge in [-0.15, -0.1) is 6.58 Å². The second-order valence-electron chi connectivity index (χ2n) is 6.45. The highest BCUT2D eigenvalue weighted by atomic mass is 15.2. The number of nitrogens with one attached hydrogen (secondary N) is 2. The van der Waals surface area contributed by atoms with E-state index in [4.69, 9.17) is 4.99 Å². The Morgan fingerprint density at radius 1 is 1.14 bits per heavy atom. The monoisotopic (exact) mass is 373 g/mol. The summed E-state index contributed by atoms with van der Waals surface area (Å²) in [5, 5.41) is 6.50. The molecule has 2 aromatic carbocycles. The molecule has 0 bridgehead atoms. The van der Waals surface area contributed by atoms with E-state index in [1.54, 1.807) is 6.20 Å². The lowest BCUT2D eigenvalue weighted by Crippen LogP contribution is -2.37. The SMILES string of the molecule is C=CCNC(=NCc1ccccc1-c1ccc(Cn2ccnc2)cc1)NCC. The first-order valence-electron chi connectivity index (χ1n) is 9.56. The van der Waals surface area contributed by atoms with Gasteiger partial charge in [0, 0.05) is 32.0 Å². The van der Waals surface area contributed by atoms with Gasteiger partial charge < -0.3 is 15.2 Å². The summed E-state index contributed by atoms with van der Waals surface area (Å²) >= 11 is 0. The summed E-state index contributed by atoms with van der Waals surface area (Å²) in [7, 11) is 0. The van der Waals surface area contributed by atoms with E-state index in [2.05, 4.69) is 82.2 Å². The normalized spacial score (nSPS) is 11.2. The summed E-state index contributed by atoms with van der Waals surface area (Å²) in [5.74, 6) is 0.799. The summed E-state index contributed by atoms with van der Waals surface area (Å²) < 4.78 is 2.07. The Bertz CT molecular complexity index is 895. The van der Waals surface area contributed by atoms with Crippen LogP contribution in [0.25, 0.3) is 11.1 Å². The van der Waals surface area contributed by atoms with Crippen LogP contribution in [0.4, 0.5) is 0 Å². The van der Waals surface area contributed by atoms with E-state index in [9.17, 15) is 0 Å². The Kier molecular flexibility index (Phi) is 7.01. The lowest BCUT2D eigenvalue weighted by Gasteiger charge is -2.12. The van der Waals surface area contributed by atoms with E-state index in [1.165, 1.54) is 22.3 Å². The highest BCUT2D eigenvalue weighted by molar-refractivity contribution is 5.80. The van der Waals surface area contributed by atoms with Crippen LogP contribution < -0.4 is 10.6 Å². The lowest BCUT2D eigenvalue weighted by molar-refractivity contribution is 0.797. The first-order valence-corrected chi connectivity index (χ1v) is 9.56. The predicted molar refractivity (Wildman–Crippen MR) is 116 cm³/mol. The van der Waals surface area contributed by atoms with Gasteiger partial charge in [-0.25, -0.2) is 9.98 Å². The minimum Gasteiger partial charge on any atom is -0.357 e. The number of aliphatic imine (C=N–C) groups is 1. The molecule has 1 aromatic heterocycles. The molecule has 0 saturated heterocycles. The van der Waals surface area contributed by atoms with E-state index in [-0.39, 0.29) is 0 Å². The van der Waals surface area contributed by atoms with Crippen molar-refractivity contribution >= 4 is 5.96 Å². The van der Waals surface area contributed by atoms with Crippen LogP contribution in [0.3, 0.4) is 0 Å². The molecule has 28 heavy (non-hydrogen) atoms. The van der Waals surface area contributed by atoms with E-state index in [0.717, 1.165) is 19.0 Å². The molecule has 0 aliphatic rings. The fraction of sp³-hybridized carbons (Fsp3) is 0.217. The molecule has 3 rings (SSSR count). The lowest BCUT2D eigenvalue weighted by atomic mass is 9.98. The standard InChI is InChI=1S/C23H27N5/c1-3-13-26-23(25-4-2)27-16-21-7-5-6-8-22(21)20-11-9-19(10-12-20)17-28-15-14-24-18-28/h3,5-12,14-15,18H,1,4,13,16-17H2,2H3,(H2,25,26,27). The Balaban J connectivity index is 1.76. The Morgan fingerprint density at radius 2 is 1.96 bits per heavy atom. The summed E-state index contributed by atoms with van der Waals surface area (Å²) in [6.07, 6.45) is 7.44. The molecular weight excluding hydrogens is 346 g/mol. The number of nitrogens with zero attached hydrogens (tertiary/aromatic N) is 3. The Hall–Kier alpha value is -3.34. The van der Waals surface area contributed by atoms with Gasteiger partial charge in [0.15, 0.2) is 5.96 Å². The van der Waals surface area contributed by atoms with Gasteiger partial charge in [-0.2, -0.15) is 0 Å². The van der Waals surface area contributed by atoms with Crippen molar-refractivity contribution in [2.75, 3.05) is 13.1 Å². The zero-order chi connectivity index (χ0) is 19.6. The third-order valence-corrected chi connectivity index (χ3v) is 4.37. The first-order chi connectivity index (χ1) is 13.8.